The van der Waals surface area contributed by atoms with Crippen LogP contribution in [0.1, 0.15) is 17.4 Å². The highest BCUT2D eigenvalue weighted by molar-refractivity contribution is 9.10. The van der Waals surface area contributed by atoms with E-state index in [9.17, 15) is 0 Å². The minimum absolute atomic E-state index is 0.0776. The Morgan fingerprint density at radius 3 is 2.82 bits per heavy atom. The zero-order chi connectivity index (χ0) is 12.3. The van der Waals surface area contributed by atoms with Gasteiger partial charge in [-0.3, -0.25) is 11.3 Å². The topological polar surface area (TPSA) is 51.2 Å². The molecule has 3 nitrogen and oxygen atoms in total. The number of nitrogens with two attached hydrogens (primary N) is 1. The van der Waals surface area contributed by atoms with Crippen LogP contribution in [0, 0.1) is 0 Å². The Labute approximate surface area is 113 Å². The molecular formula is C12H12BrClN2O. The summed E-state index contributed by atoms with van der Waals surface area (Å²) in [6.45, 7) is 0. The normalized spacial score (nSPS) is 12.6. The van der Waals surface area contributed by atoms with E-state index in [1.165, 1.54) is 0 Å². The quantitative estimate of drug-likeness (QED) is 0.671. The summed E-state index contributed by atoms with van der Waals surface area (Å²) in [7, 11) is 0. The maximum absolute atomic E-state index is 6.23. The van der Waals surface area contributed by atoms with Gasteiger partial charge in [0.1, 0.15) is 5.76 Å². The largest absolute Gasteiger partial charge is 0.469 e. The lowest BCUT2D eigenvalue weighted by Gasteiger charge is -2.17. The molecule has 0 fully saturated rings. The molecule has 5 heteroatoms. The molecule has 1 atom stereocenters. The van der Waals surface area contributed by atoms with Crippen molar-refractivity contribution in [1.29, 1.82) is 0 Å². The van der Waals surface area contributed by atoms with Crippen LogP contribution >= 0.6 is 27.5 Å². The number of rotatable bonds is 4. The number of halogens is 2. The Hall–Kier alpha value is -0.810. The summed E-state index contributed by atoms with van der Waals surface area (Å²) in [5.74, 6) is 6.44. The lowest BCUT2D eigenvalue weighted by molar-refractivity contribution is 0.455. The molecule has 90 valence electrons. The summed E-state index contributed by atoms with van der Waals surface area (Å²) in [6, 6.07) is 9.46. The van der Waals surface area contributed by atoms with Crippen molar-refractivity contribution in [1.82, 2.24) is 5.43 Å². The molecule has 1 heterocycles. The van der Waals surface area contributed by atoms with Crippen molar-refractivity contribution in [3.8, 4) is 0 Å². The molecular weight excluding hydrogens is 304 g/mol. The van der Waals surface area contributed by atoms with E-state index in [1.54, 1.807) is 6.26 Å². The fourth-order valence-electron chi connectivity index (χ4n) is 1.68. The molecule has 0 spiro atoms. The second-order valence-corrected chi connectivity index (χ2v) is 4.88. The van der Waals surface area contributed by atoms with Crippen LogP contribution in [0.4, 0.5) is 0 Å². The van der Waals surface area contributed by atoms with Crippen molar-refractivity contribution in [3.05, 3.63) is 57.4 Å². The molecule has 0 bridgehead atoms. The van der Waals surface area contributed by atoms with Crippen molar-refractivity contribution in [2.24, 2.45) is 5.84 Å². The standard InChI is InChI=1S/C12H12BrClN2O/c13-10-5-1-4-9(12(10)14)11(16-15)7-8-3-2-6-17-8/h1-6,11,16H,7,15H2. The maximum Gasteiger partial charge on any atom is 0.105 e. The van der Waals surface area contributed by atoms with Crippen molar-refractivity contribution in [3.63, 3.8) is 0 Å². The third-order valence-corrected chi connectivity index (χ3v) is 3.85. The molecule has 0 saturated carbocycles. The Morgan fingerprint density at radius 1 is 1.35 bits per heavy atom. The van der Waals surface area contributed by atoms with Crippen LogP contribution in [0.15, 0.2) is 45.5 Å². The molecule has 1 unspecified atom stereocenters. The molecule has 3 N–H and O–H groups in total. The molecule has 0 aliphatic rings. The highest BCUT2D eigenvalue weighted by Gasteiger charge is 2.16. The Kier molecular flexibility index (Phi) is 4.23. The van der Waals surface area contributed by atoms with Crippen LogP contribution in [0.2, 0.25) is 5.02 Å². The van der Waals surface area contributed by atoms with Crippen LogP contribution < -0.4 is 11.3 Å². The highest BCUT2D eigenvalue weighted by Crippen LogP contribution is 2.31. The second kappa shape index (κ2) is 5.69. The fourth-order valence-corrected chi connectivity index (χ4v) is 2.32. The van der Waals surface area contributed by atoms with Gasteiger partial charge in [0.25, 0.3) is 0 Å². The smallest absolute Gasteiger partial charge is 0.105 e. The van der Waals surface area contributed by atoms with E-state index < -0.39 is 0 Å². The molecule has 2 aromatic rings. The van der Waals surface area contributed by atoms with Crippen molar-refractivity contribution in [2.75, 3.05) is 0 Å². The monoisotopic (exact) mass is 314 g/mol. The summed E-state index contributed by atoms with van der Waals surface area (Å²) in [5.41, 5.74) is 3.70. The van der Waals surface area contributed by atoms with Crippen molar-refractivity contribution >= 4 is 27.5 Å². The minimum Gasteiger partial charge on any atom is -0.469 e. The van der Waals surface area contributed by atoms with E-state index in [0.717, 1.165) is 15.8 Å². The van der Waals surface area contributed by atoms with Crippen LogP contribution in [-0.2, 0) is 6.42 Å². The Bertz CT molecular complexity index is 487. The van der Waals surface area contributed by atoms with Crippen molar-refractivity contribution in [2.45, 2.75) is 12.5 Å². The predicted molar refractivity (Wildman–Crippen MR) is 71.6 cm³/mol. The van der Waals surface area contributed by atoms with E-state index in [2.05, 4.69) is 21.4 Å². The number of hydrogen-bond donors (Lipinski definition) is 2. The summed E-state index contributed by atoms with van der Waals surface area (Å²) >= 11 is 9.63. The predicted octanol–water partition coefficient (Wildman–Crippen LogP) is 3.44. The molecule has 1 aromatic heterocycles. The second-order valence-electron chi connectivity index (χ2n) is 3.65. The highest BCUT2D eigenvalue weighted by atomic mass is 79.9. The first kappa shape index (κ1) is 12.6. The number of hydrazine groups is 1. The van der Waals surface area contributed by atoms with E-state index in [-0.39, 0.29) is 6.04 Å². The van der Waals surface area contributed by atoms with Crippen LogP contribution in [0.3, 0.4) is 0 Å². The number of benzene rings is 1. The molecule has 0 radical (unpaired) electrons. The Balaban J connectivity index is 2.26. The van der Waals surface area contributed by atoms with Gasteiger partial charge < -0.3 is 4.42 Å². The molecule has 2 rings (SSSR count). The van der Waals surface area contributed by atoms with Gasteiger partial charge in [-0.2, -0.15) is 0 Å². The Morgan fingerprint density at radius 2 is 2.18 bits per heavy atom. The van der Waals surface area contributed by atoms with Gasteiger partial charge in [0, 0.05) is 10.9 Å². The fraction of sp³-hybridized carbons (Fsp3) is 0.167. The van der Waals surface area contributed by atoms with E-state index in [1.807, 2.05) is 30.3 Å². The average molecular weight is 316 g/mol. The number of hydrogen-bond acceptors (Lipinski definition) is 3. The van der Waals surface area contributed by atoms with Gasteiger partial charge in [0.05, 0.1) is 17.3 Å². The molecule has 0 aliphatic carbocycles. The molecule has 17 heavy (non-hydrogen) atoms. The van der Waals surface area contributed by atoms with E-state index in [0.29, 0.717) is 11.4 Å². The lowest BCUT2D eigenvalue weighted by atomic mass is 10.0. The van der Waals surface area contributed by atoms with Gasteiger partial charge in [-0.1, -0.05) is 23.7 Å². The zero-order valence-electron chi connectivity index (χ0n) is 8.99. The van der Waals surface area contributed by atoms with Gasteiger partial charge in [-0.05, 0) is 39.7 Å². The number of furan rings is 1. The summed E-state index contributed by atoms with van der Waals surface area (Å²) in [5, 5.41) is 0.669. The summed E-state index contributed by atoms with van der Waals surface area (Å²) in [6.07, 6.45) is 2.30. The molecule has 0 amide bonds. The van der Waals surface area contributed by atoms with Gasteiger partial charge in [0.15, 0.2) is 0 Å². The third kappa shape index (κ3) is 2.90. The van der Waals surface area contributed by atoms with Gasteiger partial charge in [0.2, 0.25) is 0 Å². The lowest BCUT2D eigenvalue weighted by Crippen LogP contribution is -2.29. The summed E-state index contributed by atoms with van der Waals surface area (Å²) < 4.78 is 6.16. The van der Waals surface area contributed by atoms with E-state index in [4.69, 9.17) is 21.9 Å². The van der Waals surface area contributed by atoms with E-state index >= 15 is 0 Å². The van der Waals surface area contributed by atoms with Crippen LogP contribution in [0.5, 0.6) is 0 Å². The zero-order valence-corrected chi connectivity index (χ0v) is 11.3. The SMILES string of the molecule is NNC(Cc1ccco1)c1cccc(Br)c1Cl. The first-order valence-electron chi connectivity index (χ1n) is 5.14. The maximum atomic E-state index is 6.23. The first-order chi connectivity index (χ1) is 8.22. The van der Waals surface area contributed by atoms with Gasteiger partial charge in [-0.25, -0.2) is 0 Å². The van der Waals surface area contributed by atoms with Crippen molar-refractivity contribution < 1.29 is 4.42 Å². The summed E-state index contributed by atoms with van der Waals surface area (Å²) in [4.78, 5) is 0. The van der Waals surface area contributed by atoms with Crippen LogP contribution in [-0.4, -0.2) is 0 Å². The first-order valence-corrected chi connectivity index (χ1v) is 6.32. The molecule has 0 aliphatic heterocycles. The van der Waals surface area contributed by atoms with Gasteiger partial charge >= 0.3 is 0 Å². The number of nitrogens with one attached hydrogen (secondary N) is 1. The third-order valence-electron chi connectivity index (χ3n) is 2.54. The minimum atomic E-state index is -0.0776. The molecule has 0 saturated heterocycles. The molecule has 1 aromatic carbocycles. The van der Waals surface area contributed by atoms with Gasteiger partial charge in [-0.15, -0.1) is 0 Å². The van der Waals surface area contributed by atoms with Crippen LogP contribution in [0.25, 0.3) is 0 Å². The average Bonchev–Trinajstić information content (AvgIpc) is 2.83.